The van der Waals surface area contributed by atoms with Gasteiger partial charge < -0.3 is 9.47 Å². The molecule has 0 N–H and O–H groups in total. The number of hydrogen-bond donors (Lipinski definition) is 0. The third kappa shape index (κ3) is 43.7. The molecular weight excluding hydrogens is 639 g/mol. The van der Waals surface area contributed by atoms with Crippen LogP contribution in [-0.2, 0) is 19.1 Å². The Kier molecular flexibility index (Phi) is 43.0. The minimum atomic E-state index is -0.460. The molecular formula is C38H74O4Sn. The summed E-state index contributed by atoms with van der Waals surface area (Å²) in [5.74, 6) is -0.919. The summed E-state index contributed by atoms with van der Waals surface area (Å²) in [4.78, 5) is 23.4. The summed E-state index contributed by atoms with van der Waals surface area (Å²) in [5, 5.41) is 0. The fraction of sp³-hybridized carbons (Fsp3) is 0.895. The van der Waals surface area contributed by atoms with Crippen LogP contribution >= 0.6 is 0 Å². The van der Waals surface area contributed by atoms with Crippen molar-refractivity contribution in [3.05, 3.63) is 12.2 Å². The van der Waals surface area contributed by atoms with Crippen LogP contribution in [0.15, 0.2) is 12.2 Å². The van der Waals surface area contributed by atoms with E-state index in [2.05, 4.69) is 27.7 Å². The van der Waals surface area contributed by atoms with Crippen molar-refractivity contribution >= 4 is 33.1 Å². The molecule has 254 valence electrons. The van der Waals surface area contributed by atoms with Crippen LogP contribution in [0.25, 0.3) is 0 Å². The van der Waals surface area contributed by atoms with Crippen LogP contribution in [0.1, 0.15) is 195 Å². The third-order valence-corrected chi connectivity index (χ3v) is 11.8. The SMILES string of the molecule is CCCCCCCCCCCCCOC(=O)/C=C\C(=O)OCCCCCCCCCCCCC.CCC[CH2][Sn][CH2]CCC. The van der Waals surface area contributed by atoms with Gasteiger partial charge in [0.05, 0.1) is 13.2 Å². The van der Waals surface area contributed by atoms with Gasteiger partial charge in [0.2, 0.25) is 0 Å². The zero-order chi connectivity index (χ0) is 31.9. The van der Waals surface area contributed by atoms with Crippen LogP contribution in [0.4, 0.5) is 0 Å². The fourth-order valence-corrected chi connectivity index (χ4v) is 9.00. The molecule has 0 aromatic heterocycles. The number of ether oxygens (including phenoxy) is 2. The summed E-state index contributed by atoms with van der Waals surface area (Å²) in [6, 6.07) is 0. The summed E-state index contributed by atoms with van der Waals surface area (Å²) >= 11 is 0.149. The Morgan fingerprint density at radius 3 is 0.930 bits per heavy atom. The monoisotopic (exact) mass is 714 g/mol. The first-order valence-electron chi connectivity index (χ1n) is 18.8. The van der Waals surface area contributed by atoms with Crippen molar-refractivity contribution in [1.29, 1.82) is 0 Å². The van der Waals surface area contributed by atoms with Crippen molar-refractivity contribution in [2.75, 3.05) is 13.2 Å². The molecule has 0 atom stereocenters. The van der Waals surface area contributed by atoms with Crippen LogP contribution in [0.3, 0.4) is 0 Å². The van der Waals surface area contributed by atoms with Gasteiger partial charge in [-0.15, -0.1) is 0 Å². The van der Waals surface area contributed by atoms with Crippen LogP contribution in [0.2, 0.25) is 8.87 Å². The van der Waals surface area contributed by atoms with Gasteiger partial charge >= 0.3 is 81.5 Å². The molecule has 0 heterocycles. The maximum absolute atomic E-state index is 11.7. The average molecular weight is 714 g/mol. The number of unbranched alkanes of at least 4 members (excludes halogenated alkanes) is 22. The Bertz CT molecular complexity index is 530. The molecule has 0 aromatic carbocycles. The molecule has 0 aliphatic carbocycles. The summed E-state index contributed by atoms with van der Waals surface area (Å²) < 4.78 is 13.6. The quantitative estimate of drug-likeness (QED) is 0.0301. The van der Waals surface area contributed by atoms with Crippen molar-refractivity contribution in [1.82, 2.24) is 0 Å². The Morgan fingerprint density at radius 1 is 0.395 bits per heavy atom. The van der Waals surface area contributed by atoms with Gasteiger partial charge in [0, 0.05) is 12.2 Å². The van der Waals surface area contributed by atoms with Crippen molar-refractivity contribution in [3.8, 4) is 0 Å². The van der Waals surface area contributed by atoms with E-state index < -0.39 is 11.9 Å². The Balaban J connectivity index is 0. The Labute approximate surface area is 279 Å². The molecule has 0 saturated carbocycles. The maximum atomic E-state index is 11.7. The number of carbonyl (C=O) groups is 2. The topological polar surface area (TPSA) is 52.6 Å². The van der Waals surface area contributed by atoms with Gasteiger partial charge in [-0.05, 0) is 12.8 Å². The van der Waals surface area contributed by atoms with E-state index in [0.29, 0.717) is 13.2 Å². The van der Waals surface area contributed by atoms with Gasteiger partial charge in [0.15, 0.2) is 0 Å². The first kappa shape index (κ1) is 44.6. The van der Waals surface area contributed by atoms with E-state index >= 15 is 0 Å². The van der Waals surface area contributed by atoms with E-state index in [1.54, 1.807) is 8.87 Å². The number of rotatable bonds is 32. The van der Waals surface area contributed by atoms with Crippen LogP contribution < -0.4 is 0 Å². The first-order chi connectivity index (χ1) is 21.1. The first-order valence-corrected chi connectivity index (χ1v) is 22.9. The van der Waals surface area contributed by atoms with Crippen LogP contribution in [0.5, 0.6) is 0 Å². The van der Waals surface area contributed by atoms with Gasteiger partial charge in [-0.2, -0.15) is 0 Å². The summed E-state index contributed by atoms with van der Waals surface area (Å²) in [6.07, 6.45) is 36.0. The van der Waals surface area contributed by atoms with E-state index in [9.17, 15) is 9.59 Å². The Hall–Kier alpha value is -0.521. The molecule has 0 aromatic rings. The van der Waals surface area contributed by atoms with Gasteiger partial charge in [0.25, 0.3) is 0 Å². The second-order valence-corrected chi connectivity index (χ2v) is 16.5. The fourth-order valence-electron chi connectivity index (χ4n) is 4.84. The molecule has 0 saturated heterocycles. The standard InChI is InChI=1S/C30H56O4.2C4H9.Sn/c1-3-5-7-9-11-13-15-17-19-21-23-27-33-29(31)25-26-30(32)34-28-24-22-20-18-16-14-12-10-8-6-4-2;2*1-3-4-2;/h25-26H,3-24,27-28H2,1-2H3;2*1,3-4H2,2H3;/b26-25-;;;. The molecule has 0 amide bonds. The van der Waals surface area contributed by atoms with Crippen molar-refractivity contribution < 1.29 is 19.1 Å². The normalized spacial score (nSPS) is 11.0. The van der Waals surface area contributed by atoms with E-state index in [0.717, 1.165) is 25.7 Å². The second kappa shape index (κ2) is 41.5. The molecule has 0 fully saturated rings. The second-order valence-electron chi connectivity index (χ2n) is 12.2. The molecule has 0 bridgehead atoms. The van der Waals surface area contributed by atoms with E-state index in [1.165, 1.54) is 153 Å². The zero-order valence-corrected chi connectivity index (χ0v) is 32.4. The molecule has 0 unspecified atom stereocenters. The molecule has 43 heavy (non-hydrogen) atoms. The molecule has 0 aliphatic heterocycles. The molecule has 0 rings (SSSR count). The predicted octanol–water partition coefficient (Wildman–Crippen LogP) is 12.4. The number of hydrogen-bond acceptors (Lipinski definition) is 4. The number of carbonyl (C=O) groups excluding carboxylic acids is 2. The third-order valence-electron chi connectivity index (χ3n) is 7.75. The molecule has 0 aliphatic rings. The molecule has 4 nitrogen and oxygen atoms in total. The van der Waals surface area contributed by atoms with Crippen LogP contribution in [0, 0.1) is 0 Å². The Morgan fingerprint density at radius 2 is 0.651 bits per heavy atom. The average Bonchev–Trinajstić information content (AvgIpc) is 3.01. The van der Waals surface area contributed by atoms with Crippen molar-refractivity contribution in [3.63, 3.8) is 0 Å². The molecule has 5 heteroatoms. The van der Waals surface area contributed by atoms with E-state index in [1.807, 2.05) is 0 Å². The van der Waals surface area contributed by atoms with E-state index in [-0.39, 0.29) is 21.1 Å². The van der Waals surface area contributed by atoms with Gasteiger partial charge in [-0.25, -0.2) is 9.59 Å². The number of esters is 2. The van der Waals surface area contributed by atoms with Gasteiger partial charge in [-0.3, -0.25) is 0 Å². The van der Waals surface area contributed by atoms with Crippen LogP contribution in [-0.4, -0.2) is 46.3 Å². The van der Waals surface area contributed by atoms with E-state index in [4.69, 9.17) is 9.47 Å². The summed E-state index contributed by atoms with van der Waals surface area (Å²) in [5.41, 5.74) is 0. The summed E-state index contributed by atoms with van der Waals surface area (Å²) in [7, 11) is 0. The minimum absolute atomic E-state index is 0.149. The van der Waals surface area contributed by atoms with Crippen molar-refractivity contribution in [2.45, 2.75) is 204 Å². The predicted molar refractivity (Wildman–Crippen MR) is 189 cm³/mol. The van der Waals surface area contributed by atoms with Gasteiger partial charge in [-0.1, -0.05) is 142 Å². The molecule has 2 radical (unpaired) electrons. The van der Waals surface area contributed by atoms with Gasteiger partial charge in [0.1, 0.15) is 0 Å². The molecule has 0 spiro atoms. The zero-order valence-electron chi connectivity index (χ0n) is 29.5. The summed E-state index contributed by atoms with van der Waals surface area (Å²) in [6.45, 7) is 9.94. The van der Waals surface area contributed by atoms with Crippen molar-refractivity contribution in [2.24, 2.45) is 0 Å².